The van der Waals surface area contributed by atoms with E-state index in [0.717, 1.165) is 25.3 Å². The molecule has 0 aromatic carbocycles. The fraction of sp³-hybridized carbons (Fsp3) is 0.500. The molecule has 3 N–H and O–H groups in total. The molecule has 0 radical (unpaired) electrons. The normalized spacial score (nSPS) is 30.0. The quantitative estimate of drug-likeness (QED) is 0.479. The zero-order valence-electron chi connectivity index (χ0n) is 17.5. The predicted molar refractivity (Wildman–Crippen MR) is 107 cm³/mol. The minimum atomic E-state index is -4.67. The summed E-state index contributed by atoms with van der Waals surface area (Å²) in [4.78, 5) is 19.6. The van der Waals surface area contributed by atoms with Gasteiger partial charge in [-0.1, -0.05) is 0 Å². The van der Waals surface area contributed by atoms with E-state index in [-0.39, 0.29) is 35.3 Å². The lowest BCUT2D eigenvalue weighted by atomic mass is 9.50. The Labute approximate surface area is 189 Å². The summed E-state index contributed by atoms with van der Waals surface area (Å²) in [6, 6.07) is 2.22. The molecule has 4 heterocycles. The standard InChI is InChI=1S/C20H19F4N7O3/c21-15-11(34-18(32)28-19-5-9(6-19)7-19)8-33-16(15)10-3-13(30-29-10)27-17-26-12(20(22,23)24)4-14-25-1-2-31(14)17/h1-4,9,11,15-16H,5-8H2,(H,28,32)(H2,26,27,29,30)/t9?,11-,15-,16-,19?/m1/s1. The Morgan fingerprint density at radius 3 is 2.79 bits per heavy atom. The number of amides is 1. The van der Waals surface area contributed by atoms with Crippen LogP contribution in [0.4, 0.5) is 34.1 Å². The van der Waals surface area contributed by atoms with Gasteiger partial charge in [-0.25, -0.2) is 19.2 Å². The van der Waals surface area contributed by atoms with Crippen LogP contribution in [0.3, 0.4) is 0 Å². The van der Waals surface area contributed by atoms with Crippen molar-refractivity contribution in [2.24, 2.45) is 5.92 Å². The summed E-state index contributed by atoms with van der Waals surface area (Å²) < 4.78 is 66.6. The van der Waals surface area contributed by atoms with Gasteiger partial charge in [-0.3, -0.25) is 9.50 Å². The third-order valence-corrected chi connectivity index (χ3v) is 6.57. The maximum Gasteiger partial charge on any atom is 0.433 e. The summed E-state index contributed by atoms with van der Waals surface area (Å²) in [5, 5.41) is 12.1. The van der Waals surface area contributed by atoms with Crippen molar-refractivity contribution in [2.45, 2.75) is 49.4 Å². The van der Waals surface area contributed by atoms with Crippen molar-refractivity contribution >= 4 is 23.5 Å². The van der Waals surface area contributed by atoms with Crippen molar-refractivity contribution in [2.75, 3.05) is 11.9 Å². The fourth-order valence-corrected chi connectivity index (χ4v) is 4.77. The van der Waals surface area contributed by atoms with Crippen LogP contribution >= 0.6 is 0 Å². The molecule has 0 spiro atoms. The van der Waals surface area contributed by atoms with Crippen LogP contribution in [-0.4, -0.2) is 55.1 Å². The van der Waals surface area contributed by atoms with E-state index in [1.54, 1.807) is 0 Å². The van der Waals surface area contributed by atoms with Crippen LogP contribution in [0.1, 0.15) is 36.8 Å². The Morgan fingerprint density at radius 2 is 2.09 bits per heavy atom. The number of hydrogen-bond donors (Lipinski definition) is 3. The summed E-state index contributed by atoms with van der Waals surface area (Å²) in [5.41, 5.74) is -1.03. The van der Waals surface area contributed by atoms with Crippen LogP contribution in [0.25, 0.3) is 5.65 Å². The zero-order chi connectivity index (χ0) is 23.7. The van der Waals surface area contributed by atoms with E-state index in [1.807, 2.05) is 0 Å². The van der Waals surface area contributed by atoms with Crippen LogP contribution in [0.15, 0.2) is 24.5 Å². The lowest BCUT2D eigenvalue weighted by Crippen LogP contribution is -2.68. The number of nitrogens with one attached hydrogen (secondary N) is 3. The average molecular weight is 481 g/mol. The van der Waals surface area contributed by atoms with E-state index in [1.165, 1.54) is 22.9 Å². The molecule has 4 aliphatic rings. The molecule has 3 atom stereocenters. The van der Waals surface area contributed by atoms with Crippen LogP contribution in [-0.2, 0) is 15.7 Å². The third-order valence-electron chi connectivity index (χ3n) is 6.57. The Hall–Kier alpha value is -3.42. The van der Waals surface area contributed by atoms with E-state index >= 15 is 0 Å². The average Bonchev–Trinajstić information content (AvgIpc) is 3.44. The van der Waals surface area contributed by atoms with Crippen molar-refractivity contribution in [1.82, 2.24) is 29.9 Å². The number of alkyl halides is 4. The fourth-order valence-electron chi connectivity index (χ4n) is 4.77. The van der Waals surface area contributed by atoms with Crippen molar-refractivity contribution < 1.29 is 31.8 Å². The number of halogens is 4. The number of rotatable bonds is 5. The van der Waals surface area contributed by atoms with Crippen molar-refractivity contribution in [3.05, 3.63) is 35.9 Å². The molecule has 3 aromatic heterocycles. The molecule has 1 aliphatic heterocycles. The Balaban J connectivity index is 1.14. The number of nitrogens with zero attached hydrogens (tertiary/aromatic N) is 4. The summed E-state index contributed by atoms with van der Waals surface area (Å²) in [6.07, 6.45) is -3.59. The predicted octanol–water partition coefficient (Wildman–Crippen LogP) is 3.27. The van der Waals surface area contributed by atoms with Gasteiger partial charge in [0.1, 0.15) is 11.8 Å². The summed E-state index contributed by atoms with van der Waals surface area (Å²) >= 11 is 0. The number of aromatic nitrogens is 5. The molecule has 3 aliphatic carbocycles. The summed E-state index contributed by atoms with van der Waals surface area (Å²) in [5.74, 6) is 0.599. The van der Waals surface area contributed by atoms with E-state index in [0.29, 0.717) is 5.92 Å². The molecule has 1 amide bonds. The number of ether oxygens (including phenoxy) is 2. The number of imidazole rings is 1. The number of H-pyrrole nitrogens is 1. The highest BCUT2D eigenvalue weighted by molar-refractivity contribution is 5.69. The first kappa shape index (κ1) is 21.1. The minimum Gasteiger partial charge on any atom is -0.441 e. The number of anilines is 2. The van der Waals surface area contributed by atoms with Crippen LogP contribution in [0, 0.1) is 5.92 Å². The maximum atomic E-state index is 15.0. The number of hydrogen-bond acceptors (Lipinski definition) is 7. The first-order valence-electron chi connectivity index (χ1n) is 10.7. The second kappa shape index (κ2) is 7.29. The first-order chi connectivity index (χ1) is 16.2. The van der Waals surface area contributed by atoms with Crippen molar-refractivity contribution in [1.29, 1.82) is 0 Å². The van der Waals surface area contributed by atoms with E-state index in [2.05, 4.69) is 30.8 Å². The molecule has 3 saturated carbocycles. The number of aromatic amines is 1. The number of carbonyl (C=O) groups excluding carboxylic acids is 1. The highest BCUT2D eigenvalue weighted by Gasteiger charge is 2.58. The van der Waals surface area contributed by atoms with E-state index in [9.17, 15) is 22.4 Å². The monoisotopic (exact) mass is 481 g/mol. The lowest BCUT2D eigenvalue weighted by molar-refractivity contribution is -0.141. The van der Waals surface area contributed by atoms with Crippen molar-refractivity contribution in [3.8, 4) is 0 Å². The molecule has 3 aromatic rings. The van der Waals surface area contributed by atoms with Gasteiger partial charge < -0.3 is 20.1 Å². The molecule has 7 rings (SSSR count). The number of alkyl carbamates (subject to hydrolysis) is 1. The molecule has 14 heteroatoms. The lowest BCUT2D eigenvalue weighted by Gasteiger charge is -2.61. The van der Waals surface area contributed by atoms with Gasteiger partial charge in [0, 0.05) is 30.1 Å². The van der Waals surface area contributed by atoms with Crippen molar-refractivity contribution in [3.63, 3.8) is 0 Å². The third kappa shape index (κ3) is 3.52. The highest BCUT2D eigenvalue weighted by atomic mass is 19.4. The van der Waals surface area contributed by atoms with Gasteiger partial charge in [0.2, 0.25) is 5.95 Å². The molecule has 180 valence electrons. The van der Waals surface area contributed by atoms with Crippen LogP contribution < -0.4 is 10.6 Å². The largest absolute Gasteiger partial charge is 0.441 e. The topological polar surface area (TPSA) is 118 Å². The van der Waals surface area contributed by atoms with Crippen LogP contribution in [0.2, 0.25) is 0 Å². The SMILES string of the molecule is O=C(NC12CC(C1)C2)O[C@@H]1CO[C@H](c2cc(Nc3nc(C(F)(F)F)cc4nccn34)n[nH]2)[C@@H]1F. The first-order valence-corrected chi connectivity index (χ1v) is 10.7. The van der Waals surface area contributed by atoms with Gasteiger partial charge >= 0.3 is 12.3 Å². The molecule has 2 bridgehead atoms. The molecule has 4 fully saturated rings. The van der Waals surface area contributed by atoms with Crippen LogP contribution in [0.5, 0.6) is 0 Å². The molecule has 0 unspecified atom stereocenters. The van der Waals surface area contributed by atoms with Gasteiger partial charge in [-0.15, -0.1) is 0 Å². The molecule has 1 saturated heterocycles. The van der Waals surface area contributed by atoms with Gasteiger partial charge in [0.25, 0.3) is 0 Å². The molecular formula is C20H19F4N7O3. The zero-order valence-corrected chi connectivity index (χ0v) is 17.5. The van der Waals surface area contributed by atoms with Gasteiger partial charge in [-0.05, 0) is 25.2 Å². The smallest absolute Gasteiger partial charge is 0.433 e. The summed E-state index contributed by atoms with van der Waals surface area (Å²) in [6.45, 7) is -0.137. The Kier molecular flexibility index (Phi) is 4.53. The Morgan fingerprint density at radius 1 is 1.29 bits per heavy atom. The van der Waals surface area contributed by atoms with Gasteiger partial charge in [-0.2, -0.15) is 18.3 Å². The van der Waals surface area contributed by atoms with E-state index < -0.39 is 36.3 Å². The van der Waals surface area contributed by atoms with E-state index in [4.69, 9.17) is 9.47 Å². The number of fused-ring (bicyclic) bond motifs is 1. The molecular weight excluding hydrogens is 462 g/mol. The number of carbonyl (C=O) groups is 1. The minimum absolute atomic E-state index is 0.0423. The summed E-state index contributed by atoms with van der Waals surface area (Å²) in [7, 11) is 0. The second-order valence-electron chi connectivity index (χ2n) is 8.98. The molecule has 34 heavy (non-hydrogen) atoms. The van der Waals surface area contributed by atoms with Gasteiger partial charge in [0.15, 0.2) is 23.8 Å². The maximum absolute atomic E-state index is 15.0. The Bertz CT molecular complexity index is 1240. The second-order valence-corrected chi connectivity index (χ2v) is 8.98. The molecule has 10 nitrogen and oxygen atoms in total. The highest BCUT2D eigenvalue weighted by Crippen LogP contribution is 2.57. The van der Waals surface area contributed by atoms with Gasteiger partial charge in [0.05, 0.1) is 12.3 Å².